The SMILES string of the molecule is O=C(Nc1c(F)cc(F)cc1[N+](=O)[O-])NC1CCCC1. The molecule has 2 N–H and O–H groups in total. The first-order chi connectivity index (χ1) is 9.47. The number of hydrogen-bond acceptors (Lipinski definition) is 3. The number of nitro benzene ring substituents is 1. The van der Waals surface area contributed by atoms with E-state index in [4.69, 9.17) is 0 Å². The summed E-state index contributed by atoms with van der Waals surface area (Å²) in [4.78, 5) is 21.5. The first-order valence-corrected chi connectivity index (χ1v) is 6.18. The molecule has 0 unspecified atom stereocenters. The second-order valence-corrected chi connectivity index (χ2v) is 4.62. The summed E-state index contributed by atoms with van der Waals surface area (Å²) >= 11 is 0. The maximum Gasteiger partial charge on any atom is 0.319 e. The van der Waals surface area contributed by atoms with Gasteiger partial charge in [0.25, 0.3) is 5.69 Å². The molecule has 0 radical (unpaired) electrons. The van der Waals surface area contributed by atoms with Gasteiger partial charge in [-0.05, 0) is 12.8 Å². The van der Waals surface area contributed by atoms with Gasteiger partial charge in [-0.2, -0.15) is 0 Å². The molecule has 2 amide bonds. The molecule has 1 aromatic carbocycles. The lowest BCUT2D eigenvalue weighted by Gasteiger charge is -2.13. The van der Waals surface area contributed by atoms with Crippen LogP contribution in [-0.2, 0) is 0 Å². The van der Waals surface area contributed by atoms with Crippen molar-refractivity contribution < 1.29 is 18.5 Å². The third-order valence-electron chi connectivity index (χ3n) is 3.16. The van der Waals surface area contributed by atoms with E-state index in [0.717, 1.165) is 25.7 Å². The third-order valence-corrected chi connectivity index (χ3v) is 3.16. The maximum absolute atomic E-state index is 13.6. The van der Waals surface area contributed by atoms with E-state index < -0.39 is 34.0 Å². The molecular formula is C12H13F2N3O3. The Hall–Kier alpha value is -2.25. The number of carbonyl (C=O) groups excluding carboxylic acids is 1. The standard InChI is InChI=1S/C12H13F2N3O3/c13-7-5-9(14)11(10(6-7)17(19)20)16-12(18)15-8-3-1-2-4-8/h5-6,8H,1-4H2,(H2,15,16,18). The van der Waals surface area contributed by atoms with E-state index in [2.05, 4.69) is 10.6 Å². The molecule has 6 nitrogen and oxygen atoms in total. The molecule has 1 saturated carbocycles. The monoisotopic (exact) mass is 285 g/mol. The van der Waals surface area contributed by atoms with Gasteiger partial charge in [-0.25, -0.2) is 13.6 Å². The van der Waals surface area contributed by atoms with E-state index in [9.17, 15) is 23.7 Å². The normalized spacial score (nSPS) is 15.1. The molecule has 0 bridgehead atoms. The predicted molar refractivity (Wildman–Crippen MR) is 67.4 cm³/mol. The van der Waals surface area contributed by atoms with Gasteiger partial charge in [-0.1, -0.05) is 12.8 Å². The predicted octanol–water partition coefficient (Wildman–Crippen LogP) is 2.94. The molecule has 0 saturated heterocycles. The molecule has 20 heavy (non-hydrogen) atoms. The Morgan fingerprint density at radius 2 is 1.95 bits per heavy atom. The number of hydrogen-bond donors (Lipinski definition) is 2. The highest BCUT2D eigenvalue weighted by atomic mass is 19.1. The van der Waals surface area contributed by atoms with Gasteiger partial charge in [0.15, 0.2) is 11.5 Å². The first-order valence-electron chi connectivity index (χ1n) is 6.18. The Kier molecular flexibility index (Phi) is 4.11. The van der Waals surface area contributed by atoms with Gasteiger partial charge >= 0.3 is 6.03 Å². The second-order valence-electron chi connectivity index (χ2n) is 4.62. The highest BCUT2D eigenvalue weighted by molar-refractivity contribution is 5.92. The topological polar surface area (TPSA) is 84.3 Å². The Bertz CT molecular complexity index is 545. The summed E-state index contributed by atoms with van der Waals surface area (Å²) in [6.07, 6.45) is 3.63. The molecule has 0 aromatic heterocycles. The summed E-state index contributed by atoms with van der Waals surface area (Å²) in [7, 11) is 0. The number of urea groups is 1. The van der Waals surface area contributed by atoms with Crippen molar-refractivity contribution in [2.45, 2.75) is 31.7 Å². The van der Waals surface area contributed by atoms with Crippen LogP contribution in [0.4, 0.5) is 25.0 Å². The molecule has 1 aliphatic rings. The average molecular weight is 285 g/mol. The fourth-order valence-electron chi connectivity index (χ4n) is 2.23. The van der Waals surface area contributed by atoms with Gasteiger partial charge in [-0.15, -0.1) is 0 Å². The largest absolute Gasteiger partial charge is 0.335 e. The summed E-state index contributed by atoms with van der Waals surface area (Å²) < 4.78 is 26.5. The van der Waals surface area contributed by atoms with Gasteiger partial charge in [0.2, 0.25) is 0 Å². The van der Waals surface area contributed by atoms with Crippen molar-refractivity contribution in [2.75, 3.05) is 5.32 Å². The number of carbonyl (C=O) groups is 1. The number of halogens is 2. The molecule has 1 fully saturated rings. The molecular weight excluding hydrogens is 272 g/mol. The molecule has 1 aromatic rings. The van der Waals surface area contributed by atoms with Crippen LogP contribution in [0.25, 0.3) is 0 Å². The van der Waals surface area contributed by atoms with E-state index in [-0.39, 0.29) is 6.04 Å². The fraction of sp³-hybridized carbons (Fsp3) is 0.417. The van der Waals surface area contributed by atoms with E-state index in [1.165, 1.54) is 0 Å². The number of nitrogens with one attached hydrogen (secondary N) is 2. The first kappa shape index (κ1) is 14.2. The van der Waals surface area contributed by atoms with Gasteiger partial charge in [0.05, 0.1) is 11.0 Å². The van der Waals surface area contributed by atoms with Crippen molar-refractivity contribution in [3.05, 3.63) is 33.9 Å². The van der Waals surface area contributed by atoms with Crippen molar-refractivity contribution in [2.24, 2.45) is 0 Å². The number of anilines is 1. The Morgan fingerprint density at radius 1 is 1.30 bits per heavy atom. The van der Waals surface area contributed by atoms with E-state index in [1.54, 1.807) is 0 Å². The second kappa shape index (κ2) is 5.81. The minimum absolute atomic E-state index is 0.0161. The van der Waals surface area contributed by atoms with Gasteiger partial charge < -0.3 is 5.32 Å². The van der Waals surface area contributed by atoms with Crippen LogP contribution in [0.15, 0.2) is 12.1 Å². The summed E-state index contributed by atoms with van der Waals surface area (Å²) in [6.45, 7) is 0. The van der Waals surface area contributed by atoms with Crippen LogP contribution in [0.3, 0.4) is 0 Å². The van der Waals surface area contributed by atoms with Crippen LogP contribution >= 0.6 is 0 Å². The Morgan fingerprint density at radius 3 is 2.55 bits per heavy atom. The smallest absolute Gasteiger partial charge is 0.319 e. The highest BCUT2D eigenvalue weighted by Gasteiger charge is 2.24. The van der Waals surface area contributed by atoms with Crippen molar-refractivity contribution in [1.82, 2.24) is 5.32 Å². The lowest BCUT2D eigenvalue weighted by molar-refractivity contribution is -0.384. The van der Waals surface area contributed by atoms with Crippen molar-refractivity contribution >= 4 is 17.4 Å². The summed E-state index contributed by atoms with van der Waals surface area (Å²) in [6, 6.07) is 0.301. The average Bonchev–Trinajstić information content (AvgIpc) is 2.84. The van der Waals surface area contributed by atoms with Crippen LogP contribution < -0.4 is 10.6 Å². The number of benzene rings is 1. The molecule has 8 heteroatoms. The minimum atomic E-state index is -1.18. The summed E-state index contributed by atoms with van der Waals surface area (Å²) in [5.41, 5.74) is -1.45. The molecule has 2 rings (SSSR count). The molecule has 1 aliphatic carbocycles. The quantitative estimate of drug-likeness (QED) is 0.661. The van der Waals surface area contributed by atoms with Crippen molar-refractivity contribution in [1.29, 1.82) is 0 Å². The molecule has 0 spiro atoms. The number of amides is 2. The lowest BCUT2D eigenvalue weighted by atomic mass is 10.2. The van der Waals surface area contributed by atoms with Crippen molar-refractivity contribution in [3.63, 3.8) is 0 Å². The minimum Gasteiger partial charge on any atom is -0.335 e. The zero-order valence-electron chi connectivity index (χ0n) is 10.5. The molecule has 0 atom stereocenters. The van der Waals surface area contributed by atoms with Crippen LogP contribution in [0.5, 0.6) is 0 Å². The van der Waals surface area contributed by atoms with E-state index in [1.807, 2.05) is 0 Å². The lowest BCUT2D eigenvalue weighted by Crippen LogP contribution is -2.36. The molecule has 108 valence electrons. The fourth-order valence-corrected chi connectivity index (χ4v) is 2.23. The van der Waals surface area contributed by atoms with Crippen LogP contribution in [0, 0.1) is 21.7 Å². The number of nitro groups is 1. The van der Waals surface area contributed by atoms with E-state index in [0.29, 0.717) is 12.1 Å². The van der Waals surface area contributed by atoms with Crippen LogP contribution in [-0.4, -0.2) is 17.0 Å². The maximum atomic E-state index is 13.6. The molecule has 0 heterocycles. The Balaban J connectivity index is 2.15. The summed E-state index contributed by atoms with van der Waals surface area (Å²) in [5.74, 6) is -2.26. The van der Waals surface area contributed by atoms with E-state index >= 15 is 0 Å². The zero-order valence-corrected chi connectivity index (χ0v) is 10.5. The summed E-state index contributed by atoms with van der Waals surface area (Å²) in [5, 5.41) is 15.4. The highest BCUT2D eigenvalue weighted by Crippen LogP contribution is 2.28. The van der Waals surface area contributed by atoms with Gasteiger partial charge in [-0.3, -0.25) is 15.4 Å². The number of rotatable bonds is 3. The zero-order chi connectivity index (χ0) is 14.7. The van der Waals surface area contributed by atoms with Gasteiger partial charge in [0, 0.05) is 12.1 Å². The Labute approximate surface area is 113 Å². The third kappa shape index (κ3) is 3.19. The van der Waals surface area contributed by atoms with Crippen molar-refractivity contribution in [3.8, 4) is 0 Å². The van der Waals surface area contributed by atoms with Gasteiger partial charge in [0.1, 0.15) is 5.82 Å². The van der Waals surface area contributed by atoms with Crippen LogP contribution in [0.2, 0.25) is 0 Å². The van der Waals surface area contributed by atoms with Crippen LogP contribution in [0.1, 0.15) is 25.7 Å². The number of nitrogens with zero attached hydrogens (tertiary/aromatic N) is 1. The molecule has 0 aliphatic heterocycles.